The molecule has 0 fully saturated rings. The fourth-order valence-electron chi connectivity index (χ4n) is 1.81. The molecule has 0 bridgehead atoms. The van der Waals surface area contributed by atoms with Crippen molar-refractivity contribution < 1.29 is 9.53 Å². The number of halogens is 2. The van der Waals surface area contributed by atoms with E-state index in [9.17, 15) is 4.79 Å². The molecule has 0 atom stereocenters. The lowest BCUT2D eigenvalue weighted by Crippen LogP contribution is -2.30. The van der Waals surface area contributed by atoms with Gasteiger partial charge in [0.1, 0.15) is 5.75 Å². The highest BCUT2D eigenvalue weighted by Crippen LogP contribution is 2.27. The highest BCUT2D eigenvalue weighted by atomic mass is 35.5. The summed E-state index contributed by atoms with van der Waals surface area (Å²) in [6.45, 7) is 0.540. The van der Waals surface area contributed by atoms with Crippen LogP contribution in [0.3, 0.4) is 0 Å². The maximum absolute atomic E-state index is 11.7. The number of carbonyl (C=O) groups is 1. The quantitative estimate of drug-likeness (QED) is 0.699. The molecule has 0 saturated carbocycles. The van der Waals surface area contributed by atoms with E-state index >= 15 is 0 Å². The van der Waals surface area contributed by atoms with Crippen molar-refractivity contribution in [1.82, 2.24) is 5.32 Å². The Bertz CT molecular complexity index is 638. The van der Waals surface area contributed by atoms with Gasteiger partial charge < -0.3 is 10.1 Å². The molecule has 0 aliphatic carbocycles. The van der Waals surface area contributed by atoms with Crippen LogP contribution in [0, 0.1) is 0 Å². The van der Waals surface area contributed by atoms with Crippen LogP contribution in [0.25, 0.3) is 0 Å². The van der Waals surface area contributed by atoms with Gasteiger partial charge in [0.15, 0.2) is 6.61 Å². The molecule has 0 unspecified atom stereocenters. The van der Waals surface area contributed by atoms with Crippen molar-refractivity contribution in [2.24, 2.45) is 0 Å². The Labute approximate surface area is 150 Å². The molecule has 3 nitrogen and oxygen atoms in total. The first-order valence-electron chi connectivity index (χ1n) is 7.11. The van der Waals surface area contributed by atoms with E-state index in [1.54, 1.807) is 30.0 Å². The van der Waals surface area contributed by atoms with Crippen molar-refractivity contribution in [2.45, 2.75) is 5.75 Å². The molecule has 0 radical (unpaired) electrons. The second-order valence-corrected chi connectivity index (χ2v) is 6.70. The fraction of sp³-hybridized carbons (Fsp3) is 0.235. The summed E-state index contributed by atoms with van der Waals surface area (Å²) in [5, 5.41) is 3.74. The van der Waals surface area contributed by atoms with E-state index < -0.39 is 0 Å². The van der Waals surface area contributed by atoms with Gasteiger partial charge in [-0.15, -0.1) is 0 Å². The summed E-state index contributed by atoms with van der Waals surface area (Å²) in [7, 11) is 0. The average molecular weight is 370 g/mol. The fourth-order valence-corrected chi connectivity index (χ4v) is 3.10. The van der Waals surface area contributed by atoms with Gasteiger partial charge in [-0.2, -0.15) is 11.8 Å². The van der Waals surface area contributed by atoms with Crippen LogP contribution in [0.15, 0.2) is 48.5 Å². The van der Waals surface area contributed by atoms with Gasteiger partial charge in [0, 0.05) is 23.1 Å². The monoisotopic (exact) mass is 369 g/mol. The number of hydrogen-bond donors (Lipinski definition) is 1. The minimum Gasteiger partial charge on any atom is -0.482 e. The number of benzene rings is 2. The molecule has 2 aromatic carbocycles. The molecule has 0 aliphatic heterocycles. The number of hydrogen-bond acceptors (Lipinski definition) is 3. The van der Waals surface area contributed by atoms with Crippen molar-refractivity contribution in [3.8, 4) is 5.75 Å². The minimum atomic E-state index is -0.170. The Morgan fingerprint density at radius 1 is 1.13 bits per heavy atom. The lowest BCUT2D eigenvalue weighted by atomic mass is 10.2. The predicted molar refractivity (Wildman–Crippen MR) is 97.6 cm³/mol. The summed E-state index contributed by atoms with van der Waals surface area (Å²) in [5.74, 6) is 2.07. The molecule has 1 N–H and O–H groups in total. The Kier molecular flexibility index (Phi) is 7.59. The normalized spacial score (nSPS) is 10.3. The Morgan fingerprint density at radius 3 is 2.65 bits per heavy atom. The van der Waals surface area contributed by atoms with Gasteiger partial charge in [-0.3, -0.25) is 4.79 Å². The number of thioether (sulfide) groups is 1. The summed E-state index contributed by atoms with van der Waals surface area (Å²) in [6.07, 6.45) is 0. The number of carbonyl (C=O) groups excluding carboxylic acids is 1. The molecular weight excluding hydrogens is 353 g/mol. The van der Waals surface area contributed by atoms with Crippen LogP contribution in [0.2, 0.25) is 10.0 Å². The van der Waals surface area contributed by atoms with Crippen molar-refractivity contribution in [2.75, 3.05) is 18.9 Å². The topological polar surface area (TPSA) is 38.3 Å². The molecular formula is C17H17Cl2NO2S. The smallest absolute Gasteiger partial charge is 0.257 e. The number of nitrogens with one attached hydrogen (secondary N) is 1. The van der Waals surface area contributed by atoms with Crippen molar-refractivity contribution >= 4 is 40.9 Å². The molecule has 0 aromatic heterocycles. The second-order valence-electron chi connectivity index (χ2n) is 4.75. The van der Waals surface area contributed by atoms with Crippen LogP contribution in [0.1, 0.15) is 5.56 Å². The average Bonchev–Trinajstić information content (AvgIpc) is 2.54. The summed E-state index contributed by atoms with van der Waals surface area (Å²) < 4.78 is 5.37. The number of rotatable bonds is 8. The molecule has 0 saturated heterocycles. The largest absolute Gasteiger partial charge is 0.482 e. The van der Waals surface area contributed by atoms with Crippen molar-refractivity contribution in [3.63, 3.8) is 0 Å². The first-order valence-corrected chi connectivity index (χ1v) is 9.02. The van der Waals surface area contributed by atoms with Gasteiger partial charge in [-0.05, 0) is 23.8 Å². The van der Waals surface area contributed by atoms with Crippen LogP contribution >= 0.6 is 35.0 Å². The van der Waals surface area contributed by atoms with Gasteiger partial charge >= 0.3 is 0 Å². The number of amides is 1. The van der Waals surface area contributed by atoms with Gasteiger partial charge in [-0.1, -0.05) is 53.5 Å². The van der Waals surface area contributed by atoms with Gasteiger partial charge in [0.05, 0.1) is 5.02 Å². The zero-order valence-electron chi connectivity index (χ0n) is 12.4. The van der Waals surface area contributed by atoms with Gasteiger partial charge in [-0.25, -0.2) is 0 Å². The SMILES string of the molecule is O=C(COc1ccc(Cl)cc1Cl)NCCSCc1ccccc1. The molecule has 23 heavy (non-hydrogen) atoms. The Hall–Kier alpha value is -1.36. The lowest BCUT2D eigenvalue weighted by Gasteiger charge is -2.09. The zero-order chi connectivity index (χ0) is 16.5. The van der Waals surface area contributed by atoms with Crippen LogP contribution in [-0.4, -0.2) is 24.8 Å². The highest BCUT2D eigenvalue weighted by molar-refractivity contribution is 7.98. The van der Waals surface area contributed by atoms with Crippen LogP contribution in [-0.2, 0) is 10.5 Å². The summed E-state index contributed by atoms with van der Waals surface area (Å²) in [5.41, 5.74) is 1.28. The third-order valence-electron chi connectivity index (χ3n) is 2.93. The maximum Gasteiger partial charge on any atom is 0.257 e. The third kappa shape index (κ3) is 6.73. The molecule has 0 spiro atoms. The Balaban J connectivity index is 1.60. The first-order chi connectivity index (χ1) is 11.1. The molecule has 0 heterocycles. The van der Waals surface area contributed by atoms with E-state index in [1.165, 1.54) is 5.56 Å². The van der Waals surface area contributed by atoms with Crippen LogP contribution < -0.4 is 10.1 Å². The minimum absolute atomic E-state index is 0.0648. The molecule has 6 heteroatoms. The molecule has 2 aromatic rings. The molecule has 122 valence electrons. The summed E-state index contributed by atoms with van der Waals surface area (Å²) in [4.78, 5) is 11.7. The van der Waals surface area contributed by atoms with E-state index in [4.69, 9.17) is 27.9 Å². The van der Waals surface area contributed by atoms with E-state index in [-0.39, 0.29) is 12.5 Å². The van der Waals surface area contributed by atoms with Crippen LogP contribution in [0.5, 0.6) is 5.75 Å². The van der Waals surface area contributed by atoms with E-state index in [2.05, 4.69) is 17.4 Å². The molecule has 1 amide bonds. The predicted octanol–water partition coefficient (Wildman–Crippen LogP) is 4.42. The van der Waals surface area contributed by atoms with E-state index in [0.717, 1.165) is 11.5 Å². The van der Waals surface area contributed by atoms with Crippen molar-refractivity contribution in [1.29, 1.82) is 0 Å². The van der Waals surface area contributed by atoms with Gasteiger partial charge in [0.2, 0.25) is 0 Å². The van der Waals surface area contributed by atoms with E-state index in [0.29, 0.717) is 22.3 Å². The highest BCUT2D eigenvalue weighted by Gasteiger charge is 2.06. The Morgan fingerprint density at radius 2 is 1.91 bits per heavy atom. The lowest BCUT2D eigenvalue weighted by molar-refractivity contribution is -0.122. The maximum atomic E-state index is 11.7. The van der Waals surface area contributed by atoms with E-state index in [1.807, 2.05) is 18.2 Å². The van der Waals surface area contributed by atoms with Gasteiger partial charge in [0.25, 0.3) is 5.91 Å². The summed E-state index contributed by atoms with van der Waals surface area (Å²) >= 11 is 13.5. The molecule has 2 rings (SSSR count). The standard InChI is InChI=1S/C17H17Cl2NO2S/c18-14-6-7-16(15(19)10-14)22-11-17(21)20-8-9-23-12-13-4-2-1-3-5-13/h1-7,10H,8-9,11-12H2,(H,20,21). The van der Waals surface area contributed by atoms with Crippen molar-refractivity contribution in [3.05, 3.63) is 64.1 Å². The van der Waals surface area contributed by atoms with Crippen LogP contribution in [0.4, 0.5) is 0 Å². The number of ether oxygens (including phenoxy) is 1. The molecule has 0 aliphatic rings. The first kappa shape index (κ1) is 18.0. The summed E-state index contributed by atoms with van der Waals surface area (Å²) in [6, 6.07) is 15.1. The zero-order valence-corrected chi connectivity index (χ0v) is 14.8. The third-order valence-corrected chi connectivity index (χ3v) is 4.49. The second kappa shape index (κ2) is 9.71.